The molecule has 1 aromatic rings. The van der Waals surface area contributed by atoms with Gasteiger partial charge in [-0.1, -0.05) is 17.7 Å². The molecule has 0 aromatic heterocycles. The van der Waals surface area contributed by atoms with Crippen LogP contribution in [-0.4, -0.2) is 32.7 Å². The summed E-state index contributed by atoms with van der Waals surface area (Å²) in [6.07, 6.45) is 1.20. The first-order chi connectivity index (χ1) is 8.69. The topological polar surface area (TPSA) is 55.6 Å². The summed E-state index contributed by atoms with van der Waals surface area (Å²) in [5.41, 5.74) is 7.62. The van der Waals surface area contributed by atoms with Crippen molar-refractivity contribution in [3.05, 3.63) is 29.8 Å². The van der Waals surface area contributed by atoms with Crippen LogP contribution in [0.4, 0.5) is 5.69 Å². The molecule has 0 bridgehead atoms. The molecule has 18 heavy (non-hydrogen) atoms. The molecular formula is C14H22N2O2. The summed E-state index contributed by atoms with van der Waals surface area (Å²) in [4.78, 5) is 13.9. The number of rotatable bonds is 7. The van der Waals surface area contributed by atoms with Crippen molar-refractivity contribution >= 4 is 11.6 Å². The van der Waals surface area contributed by atoms with E-state index >= 15 is 0 Å². The number of amides is 1. The fraction of sp³-hybridized carbons (Fsp3) is 0.500. The molecule has 0 spiro atoms. The van der Waals surface area contributed by atoms with Gasteiger partial charge in [0.2, 0.25) is 5.91 Å². The van der Waals surface area contributed by atoms with E-state index in [1.165, 1.54) is 5.56 Å². The van der Waals surface area contributed by atoms with Crippen LogP contribution in [0.15, 0.2) is 24.3 Å². The molecule has 4 nitrogen and oxygen atoms in total. The Bertz CT molecular complexity index is 363. The highest BCUT2D eigenvalue weighted by Crippen LogP contribution is 2.16. The summed E-state index contributed by atoms with van der Waals surface area (Å²) < 4.78 is 4.95. The molecule has 0 aliphatic heterocycles. The second kappa shape index (κ2) is 7.84. The second-order valence-electron chi connectivity index (χ2n) is 4.27. The average molecular weight is 250 g/mol. The van der Waals surface area contributed by atoms with Crippen molar-refractivity contribution in [2.75, 3.05) is 31.7 Å². The number of anilines is 1. The fourth-order valence-electron chi connectivity index (χ4n) is 1.70. The minimum absolute atomic E-state index is 0.0779. The Morgan fingerprint density at radius 2 is 2.00 bits per heavy atom. The van der Waals surface area contributed by atoms with Crippen molar-refractivity contribution in [1.29, 1.82) is 0 Å². The first kappa shape index (κ1) is 14.7. The van der Waals surface area contributed by atoms with Gasteiger partial charge in [0.05, 0.1) is 13.0 Å². The lowest BCUT2D eigenvalue weighted by Gasteiger charge is -2.22. The van der Waals surface area contributed by atoms with Gasteiger partial charge >= 0.3 is 0 Å². The molecule has 2 N–H and O–H groups in total. The molecule has 100 valence electrons. The number of carbonyl (C=O) groups is 1. The highest BCUT2D eigenvalue weighted by Gasteiger charge is 2.14. The van der Waals surface area contributed by atoms with E-state index in [-0.39, 0.29) is 5.91 Å². The molecule has 0 saturated carbocycles. The largest absolute Gasteiger partial charge is 0.384 e. The zero-order valence-electron chi connectivity index (χ0n) is 11.2. The van der Waals surface area contributed by atoms with E-state index in [2.05, 4.69) is 0 Å². The van der Waals surface area contributed by atoms with Crippen molar-refractivity contribution in [1.82, 2.24) is 0 Å². The third-order valence-corrected chi connectivity index (χ3v) is 2.75. The predicted molar refractivity (Wildman–Crippen MR) is 73.7 cm³/mol. The highest BCUT2D eigenvalue weighted by molar-refractivity contribution is 5.93. The van der Waals surface area contributed by atoms with Gasteiger partial charge in [-0.3, -0.25) is 4.79 Å². The van der Waals surface area contributed by atoms with Gasteiger partial charge in [0.15, 0.2) is 0 Å². The first-order valence-electron chi connectivity index (χ1n) is 6.25. The molecule has 1 rings (SSSR count). The quantitative estimate of drug-likeness (QED) is 0.801. The number of aryl methyl sites for hydroxylation is 1. The number of methoxy groups -OCH3 is 1. The van der Waals surface area contributed by atoms with Crippen LogP contribution in [0.25, 0.3) is 0 Å². The monoisotopic (exact) mass is 250 g/mol. The van der Waals surface area contributed by atoms with Crippen molar-refractivity contribution in [2.24, 2.45) is 5.73 Å². The number of benzene rings is 1. The molecule has 0 atom stereocenters. The van der Waals surface area contributed by atoms with Crippen molar-refractivity contribution in [3.63, 3.8) is 0 Å². The molecule has 0 radical (unpaired) electrons. The summed E-state index contributed by atoms with van der Waals surface area (Å²) in [6.45, 7) is 3.71. The fourth-order valence-corrected chi connectivity index (χ4v) is 1.70. The zero-order valence-corrected chi connectivity index (χ0v) is 11.2. The lowest BCUT2D eigenvalue weighted by molar-refractivity contribution is -0.119. The smallest absolute Gasteiger partial charge is 0.229 e. The van der Waals surface area contributed by atoms with Gasteiger partial charge in [0.1, 0.15) is 0 Å². The second-order valence-corrected chi connectivity index (χ2v) is 4.27. The number of ether oxygens (including phenoxy) is 1. The number of hydrogen-bond donors (Lipinski definition) is 1. The Morgan fingerprint density at radius 3 is 2.56 bits per heavy atom. The molecule has 0 aliphatic carbocycles. The van der Waals surface area contributed by atoms with Crippen LogP contribution in [-0.2, 0) is 9.53 Å². The van der Waals surface area contributed by atoms with Gasteiger partial charge < -0.3 is 15.4 Å². The van der Waals surface area contributed by atoms with Gasteiger partial charge in [-0.15, -0.1) is 0 Å². The van der Waals surface area contributed by atoms with E-state index in [1.54, 1.807) is 12.0 Å². The molecule has 0 aliphatic rings. The van der Waals surface area contributed by atoms with E-state index in [0.717, 1.165) is 12.1 Å². The lowest BCUT2D eigenvalue weighted by atomic mass is 10.2. The Hall–Kier alpha value is -1.39. The van der Waals surface area contributed by atoms with E-state index in [4.69, 9.17) is 10.5 Å². The third-order valence-electron chi connectivity index (χ3n) is 2.75. The van der Waals surface area contributed by atoms with Crippen LogP contribution in [0.2, 0.25) is 0 Å². The maximum atomic E-state index is 12.1. The molecular weight excluding hydrogens is 228 g/mol. The van der Waals surface area contributed by atoms with Gasteiger partial charge in [0, 0.05) is 19.3 Å². The molecule has 4 heteroatoms. The van der Waals surface area contributed by atoms with Crippen molar-refractivity contribution in [3.8, 4) is 0 Å². The van der Waals surface area contributed by atoms with Crippen LogP contribution >= 0.6 is 0 Å². The maximum absolute atomic E-state index is 12.1. The minimum Gasteiger partial charge on any atom is -0.384 e. The molecule has 1 amide bonds. The van der Waals surface area contributed by atoms with Gasteiger partial charge in [0.25, 0.3) is 0 Å². The normalized spacial score (nSPS) is 10.4. The number of nitrogens with two attached hydrogens (primary N) is 1. The molecule has 0 unspecified atom stereocenters. The third kappa shape index (κ3) is 4.47. The van der Waals surface area contributed by atoms with Crippen molar-refractivity contribution < 1.29 is 9.53 Å². The SMILES string of the molecule is COCCC(=O)N(CCCN)c1ccc(C)cc1. The zero-order chi connectivity index (χ0) is 13.4. The van der Waals surface area contributed by atoms with Crippen LogP contribution in [0.1, 0.15) is 18.4 Å². The minimum atomic E-state index is 0.0779. The summed E-state index contributed by atoms with van der Waals surface area (Å²) in [5, 5.41) is 0. The average Bonchev–Trinajstić information content (AvgIpc) is 2.38. The molecule has 1 aromatic carbocycles. The van der Waals surface area contributed by atoms with E-state index < -0.39 is 0 Å². The Labute approximate surface area is 109 Å². The lowest BCUT2D eigenvalue weighted by Crippen LogP contribution is -2.33. The predicted octanol–water partition coefficient (Wildman–Crippen LogP) is 1.71. The maximum Gasteiger partial charge on any atom is 0.229 e. The first-order valence-corrected chi connectivity index (χ1v) is 6.25. The Kier molecular flexibility index (Phi) is 6.39. The van der Waals surface area contributed by atoms with Crippen LogP contribution < -0.4 is 10.6 Å². The number of nitrogens with zero attached hydrogens (tertiary/aromatic N) is 1. The molecule has 0 heterocycles. The van der Waals surface area contributed by atoms with E-state index in [9.17, 15) is 4.79 Å². The Morgan fingerprint density at radius 1 is 1.33 bits per heavy atom. The summed E-state index contributed by atoms with van der Waals surface area (Å²) in [5.74, 6) is 0.0779. The van der Waals surface area contributed by atoms with Crippen LogP contribution in [0.5, 0.6) is 0 Å². The standard InChI is InChI=1S/C14H22N2O2/c1-12-4-6-13(7-5-12)16(10-3-9-15)14(17)8-11-18-2/h4-7H,3,8-11,15H2,1-2H3. The van der Waals surface area contributed by atoms with Crippen LogP contribution in [0, 0.1) is 6.92 Å². The number of carbonyl (C=O) groups excluding carboxylic acids is 1. The van der Waals surface area contributed by atoms with Gasteiger partial charge in [-0.25, -0.2) is 0 Å². The molecule has 0 fully saturated rings. The van der Waals surface area contributed by atoms with Crippen molar-refractivity contribution in [2.45, 2.75) is 19.8 Å². The highest BCUT2D eigenvalue weighted by atomic mass is 16.5. The molecule has 0 saturated heterocycles. The summed E-state index contributed by atoms with van der Waals surface area (Å²) in [6, 6.07) is 7.95. The summed E-state index contributed by atoms with van der Waals surface area (Å²) in [7, 11) is 1.60. The Balaban J connectivity index is 2.76. The number of hydrogen-bond acceptors (Lipinski definition) is 3. The van der Waals surface area contributed by atoms with E-state index in [0.29, 0.717) is 26.1 Å². The van der Waals surface area contributed by atoms with Crippen LogP contribution in [0.3, 0.4) is 0 Å². The van der Waals surface area contributed by atoms with E-state index in [1.807, 2.05) is 31.2 Å². The summed E-state index contributed by atoms with van der Waals surface area (Å²) >= 11 is 0. The van der Waals surface area contributed by atoms with Gasteiger partial charge in [-0.05, 0) is 32.0 Å². The van der Waals surface area contributed by atoms with Gasteiger partial charge in [-0.2, -0.15) is 0 Å².